The van der Waals surface area contributed by atoms with Gasteiger partial charge in [0.2, 0.25) is 10.0 Å². The molecule has 7 nitrogen and oxygen atoms in total. The molecule has 0 unspecified atom stereocenters. The summed E-state index contributed by atoms with van der Waals surface area (Å²) in [6.07, 6.45) is 6.68. The predicted molar refractivity (Wildman–Crippen MR) is 87.6 cm³/mol. The first-order valence-corrected chi connectivity index (χ1v) is 9.21. The number of pyridine rings is 1. The van der Waals surface area contributed by atoms with Crippen molar-refractivity contribution in [3.63, 3.8) is 0 Å². The number of hydrogen-bond acceptors (Lipinski definition) is 5. The van der Waals surface area contributed by atoms with Crippen molar-refractivity contribution in [2.45, 2.75) is 30.6 Å². The average Bonchev–Trinajstić information content (AvgIpc) is 3.01. The summed E-state index contributed by atoms with van der Waals surface area (Å²) < 4.78 is 28.8. The summed E-state index contributed by atoms with van der Waals surface area (Å²) >= 11 is 0. The van der Waals surface area contributed by atoms with Crippen LogP contribution in [-0.4, -0.2) is 40.6 Å². The van der Waals surface area contributed by atoms with Gasteiger partial charge < -0.3 is 0 Å². The van der Waals surface area contributed by atoms with Gasteiger partial charge >= 0.3 is 0 Å². The fourth-order valence-electron chi connectivity index (χ4n) is 3.00. The maximum absolute atomic E-state index is 12.8. The number of hydrogen-bond donors (Lipinski definition) is 0. The lowest BCUT2D eigenvalue weighted by atomic mass is 9.93. The highest BCUT2D eigenvalue weighted by molar-refractivity contribution is 7.89. The average molecular weight is 345 g/mol. The van der Waals surface area contributed by atoms with Crippen LogP contribution in [0.15, 0.2) is 29.6 Å². The van der Waals surface area contributed by atoms with Gasteiger partial charge in [-0.3, -0.25) is 9.67 Å². The van der Waals surface area contributed by atoms with Crippen molar-refractivity contribution in [2.75, 3.05) is 13.1 Å². The monoisotopic (exact) mass is 345 g/mol. The van der Waals surface area contributed by atoms with E-state index < -0.39 is 10.0 Å². The SMILES string of the molecule is Cc1ncc(S(=O)(=O)N2CCC(c3cnn(C)c3)CC2)cc1C#N. The molecule has 1 saturated heterocycles. The van der Waals surface area contributed by atoms with Crippen LogP contribution < -0.4 is 0 Å². The van der Waals surface area contributed by atoms with Gasteiger partial charge in [-0.05, 0) is 37.3 Å². The van der Waals surface area contributed by atoms with E-state index in [1.54, 1.807) is 11.6 Å². The lowest BCUT2D eigenvalue weighted by Gasteiger charge is -2.30. The van der Waals surface area contributed by atoms with Gasteiger partial charge in [0.15, 0.2) is 0 Å². The summed E-state index contributed by atoms with van der Waals surface area (Å²) in [5, 5.41) is 13.3. The molecule has 0 amide bonds. The highest BCUT2D eigenvalue weighted by atomic mass is 32.2. The number of nitriles is 1. The van der Waals surface area contributed by atoms with Gasteiger partial charge in [0.25, 0.3) is 0 Å². The van der Waals surface area contributed by atoms with Crippen molar-refractivity contribution < 1.29 is 8.42 Å². The van der Waals surface area contributed by atoms with Crippen molar-refractivity contribution in [3.05, 3.63) is 41.5 Å². The van der Waals surface area contributed by atoms with Gasteiger partial charge in [-0.25, -0.2) is 8.42 Å². The molecule has 24 heavy (non-hydrogen) atoms. The second-order valence-corrected chi connectivity index (χ2v) is 7.98. The van der Waals surface area contributed by atoms with Crippen LogP contribution in [0.5, 0.6) is 0 Å². The van der Waals surface area contributed by atoms with E-state index in [4.69, 9.17) is 5.26 Å². The van der Waals surface area contributed by atoms with Gasteiger partial charge in [0, 0.05) is 32.5 Å². The summed E-state index contributed by atoms with van der Waals surface area (Å²) in [4.78, 5) is 4.12. The summed E-state index contributed by atoms with van der Waals surface area (Å²) in [6, 6.07) is 3.39. The van der Waals surface area contributed by atoms with Gasteiger partial charge in [-0.15, -0.1) is 0 Å². The number of piperidine rings is 1. The molecule has 1 fully saturated rings. The zero-order valence-corrected chi connectivity index (χ0v) is 14.5. The van der Waals surface area contributed by atoms with Crippen molar-refractivity contribution in [2.24, 2.45) is 7.05 Å². The second kappa shape index (κ2) is 6.34. The molecule has 0 aromatic carbocycles. The minimum Gasteiger partial charge on any atom is -0.276 e. The molecule has 0 N–H and O–H groups in total. The molecule has 0 spiro atoms. The zero-order chi connectivity index (χ0) is 17.3. The number of nitrogens with zero attached hydrogens (tertiary/aromatic N) is 5. The smallest absolute Gasteiger partial charge is 0.244 e. The first-order valence-electron chi connectivity index (χ1n) is 7.77. The van der Waals surface area contributed by atoms with Crippen LogP contribution >= 0.6 is 0 Å². The van der Waals surface area contributed by atoms with Crippen molar-refractivity contribution in [1.29, 1.82) is 5.26 Å². The fraction of sp³-hybridized carbons (Fsp3) is 0.438. The normalized spacial score (nSPS) is 16.9. The highest BCUT2D eigenvalue weighted by Gasteiger charge is 2.30. The van der Waals surface area contributed by atoms with Crippen LogP contribution in [0.1, 0.15) is 35.6 Å². The number of sulfonamides is 1. The topological polar surface area (TPSA) is 91.9 Å². The van der Waals surface area contributed by atoms with Crippen LogP contribution in [-0.2, 0) is 17.1 Å². The Morgan fingerprint density at radius 3 is 2.58 bits per heavy atom. The predicted octanol–water partition coefficient (Wildman–Crippen LogP) is 1.56. The maximum atomic E-state index is 12.8. The third-order valence-corrected chi connectivity index (χ3v) is 6.33. The lowest BCUT2D eigenvalue weighted by Crippen LogP contribution is -2.38. The number of rotatable bonds is 3. The summed E-state index contributed by atoms with van der Waals surface area (Å²) in [6.45, 7) is 2.60. The van der Waals surface area contributed by atoms with E-state index in [0.29, 0.717) is 30.3 Å². The largest absolute Gasteiger partial charge is 0.276 e. The number of aromatic nitrogens is 3. The molecule has 0 bridgehead atoms. The van der Waals surface area contributed by atoms with Crippen LogP contribution in [0, 0.1) is 18.3 Å². The summed E-state index contributed by atoms with van der Waals surface area (Å²) in [7, 11) is -1.74. The van der Waals surface area contributed by atoms with E-state index in [-0.39, 0.29) is 4.90 Å². The van der Waals surface area contributed by atoms with Gasteiger partial charge in [0.1, 0.15) is 11.0 Å². The third-order valence-electron chi connectivity index (χ3n) is 4.47. The Labute approximate surface area is 141 Å². The van der Waals surface area contributed by atoms with E-state index >= 15 is 0 Å². The molecule has 1 aliphatic rings. The third kappa shape index (κ3) is 3.05. The first-order chi connectivity index (χ1) is 11.4. The quantitative estimate of drug-likeness (QED) is 0.842. The Morgan fingerprint density at radius 2 is 2.00 bits per heavy atom. The maximum Gasteiger partial charge on any atom is 0.244 e. The molecule has 0 atom stereocenters. The fourth-order valence-corrected chi connectivity index (χ4v) is 4.44. The van der Waals surface area contributed by atoms with Crippen LogP contribution in [0.2, 0.25) is 0 Å². The molecule has 2 aromatic heterocycles. The van der Waals surface area contributed by atoms with Crippen molar-refractivity contribution in [1.82, 2.24) is 19.1 Å². The molecule has 0 radical (unpaired) electrons. The molecular formula is C16H19N5O2S. The Balaban J connectivity index is 1.77. The minimum atomic E-state index is -3.61. The lowest BCUT2D eigenvalue weighted by molar-refractivity contribution is 0.319. The first kappa shape index (κ1) is 16.6. The Hall–Kier alpha value is -2.24. The van der Waals surface area contributed by atoms with Gasteiger partial charge in [0.05, 0.1) is 17.5 Å². The van der Waals surface area contributed by atoms with Crippen LogP contribution in [0.4, 0.5) is 0 Å². The second-order valence-electron chi connectivity index (χ2n) is 6.04. The molecule has 2 aromatic rings. The molecule has 8 heteroatoms. The molecule has 0 aliphatic carbocycles. The van der Waals surface area contributed by atoms with Gasteiger partial charge in [-0.1, -0.05) is 0 Å². The standard InChI is InChI=1S/C16H19N5O2S/c1-12-14(8-17)7-16(10-18-12)24(22,23)21-5-3-13(4-6-21)15-9-19-20(2)11-15/h7,9-11,13H,3-6H2,1-2H3. The zero-order valence-electron chi connectivity index (χ0n) is 13.7. The molecule has 3 heterocycles. The van der Waals surface area contributed by atoms with Crippen molar-refractivity contribution >= 4 is 10.0 Å². The van der Waals surface area contributed by atoms with E-state index in [9.17, 15) is 8.42 Å². The van der Waals surface area contributed by atoms with Crippen LogP contribution in [0.25, 0.3) is 0 Å². The molecule has 0 saturated carbocycles. The highest BCUT2D eigenvalue weighted by Crippen LogP contribution is 2.30. The van der Waals surface area contributed by atoms with E-state index in [2.05, 4.69) is 10.1 Å². The van der Waals surface area contributed by atoms with Gasteiger partial charge in [-0.2, -0.15) is 14.7 Å². The molecule has 126 valence electrons. The molecule has 3 rings (SSSR count). The summed E-state index contributed by atoms with van der Waals surface area (Å²) in [5.74, 6) is 0.330. The Morgan fingerprint density at radius 1 is 1.29 bits per heavy atom. The van der Waals surface area contributed by atoms with E-state index in [0.717, 1.165) is 18.4 Å². The molecular weight excluding hydrogens is 326 g/mol. The van der Waals surface area contributed by atoms with Crippen LogP contribution in [0.3, 0.4) is 0 Å². The Kier molecular flexibility index (Phi) is 4.39. The summed E-state index contributed by atoms with van der Waals surface area (Å²) in [5.41, 5.74) is 1.98. The molecule has 1 aliphatic heterocycles. The van der Waals surface area contributed by atoms with E-state index in [1.807, 2.05) is 25.5 Å². The number of aryl methyl sites for hydroxylation is 2. The minimum absolute atomic E-state index is 0.0875. The van der Waals surface area contributed by atoms with E-state index in [1.165, 1.54) is 16.6 Å². The van der Waals surface area contributed by atoms with Crippen molar-refractivity contribution in [3.8, 4) is 6.07 Å². The Bertz CT molecular complexity index is 889.